The first-order chi connectivity index (χ1) is 12.9. The van der Waals surface area contributed by atoms with Gasteiger partial charge in [-0.1, -0.05) is 18.3 Å². The van der Waals surface area contributed by atoms with E-state index < -0.39 is 5.97 Å². The van der Waals surface area contributed by atoms with Gasteiger partial charge in [-0.15, -0.1) is 0 Å². The molecule has 0 spiro atoms. The second-order valence-corrected chi connectivity index (χ2v) is 6.82. The van der Waals surface area contributed by atoms with E-state index in [1.807, 2.05) is 6.92 Å². The molecule has 0 fully saturated rings. The standard InChI is InChI=1S/C19H22N2O5S/c1-3-4-17(23)20-15-7-5-14(6-8-15)16(22)11-26-18(24)9-10-21-13(2)12-27-19(21)25/h5-8,12H,3-4,9-11H2,1-2H3,(H,20,23). The molecule has 2 aromatic rings. The first kappa shape index (κ1) is 20.6. The monoisotopic (exact) mass is 390 g/mol. The number of thiazole rings is 1. The minimum Gasteiger partial charge on any atom is -0.457 e. The van der Waals surface area contributed by atoms with Gasteiger partial charge in [0.2, 0.25) is 5.91 Å². The maximum atomic E-state index is 12.1. The first-order valence-corrected chi connectivity index (χ1v) is 9.52. The van der Waals surface area contributed by atoms with Crippen molar-refractivity contribution < 1.29 is 19.1 Å². The van der Waals surface area contributed by atoms with Crippen molar-refractivity contribution in [3.63, 3.8) is 0 Å². The molecule has 0 bridgehead atoms. The number of carbonyl (C=O) groups excluding carboxylic acids is 3. The highest BCUT2D eigenvalue weighted by Gasteiger charge is 2.12. The van der Waals surface area contributed by atoms with Crippen LogP contribution in [-0.4, -0.2) is 28.8 Å². The topological polar surface area (TPSA) is 94.5 Å². The average Bonchev–Trinajstić information content (AvgIpc) is 2.96. The summed E-state index contributed by atoms with van der Waals surface area (Å²) >= 11 is 1.08. The number of hydrogen-bond acceptors (Lipinski definition) is 6. The van der Waals surface area contributed by atoms with Crippen molar-refractivity contribution in [2.24, 2.45) is 0 Å². The average molecular weight is 390 g/mol. The van der Waals surface area contributed by atoms with Gasteiger partial charge >= 0.3 is 10.8 Å². The highest BCUT2D eigenvalue weighted by Crippen LogP contribution is 2.11. The molecule has 27 heavy (non-hydrogen) atoms. The lowest BCUT2D eigenvalue weighted by Crippen LogP contribution is -2.19. The number of nitrogens with one attached hydrogen (secondary N) is 1. The lowest BCUT2D eigenvalue weighted by Gasteiger charge is -2.07. The zero-order valence-electron chi connectivity index (χ0n) is 15.3. The Morgan fingerprint density at radius 1 is 1.15 bits per heavy atom. The summed E-state index contributed by atoms with van der Waals surface area (Å²) in [7, 11) is 0. The maximum absolute atomic E-state index is 12.1. The van der Waals surface area contributed by atoms with Gasteiger partial charge in [0.25, 0.3) is 0 Å². The number of ketones is 1. The largest absolute Gasteiger partial charge is 0.457 e. The number of anilines is 1. The summed E-state index contributed by atoms with van der Waals surface area (Å²) < 4.78 is 6.49. The smallest absolute Gasteiger partial charge is 0.308 e. The van der Waals surface area contributed by atoms with Gasteiger partial charge in [-0.05, 0) is 37.6 Å². The number of ether oxygens (including phenoxy) is 1. The molecule has 2 rings (SSSR count). The lowest BCUT2D eigenvalue weighted by atomic mass is 10.1. The van der Waals surface area contributed by atoms with Crippen LogP contribution in [0.25, 0.3) is 0 Å². The number of carbonyl (C=O) groups is 3. The number of hydrogen-bond donors (Lipinski definition) is 1. The van der Waals surface area contributed by atoms with Gasteiger partial charge in [0.1, 0.15) is 0 Å². The third-order valence-electron chi connectivity index (χ3n) is 3.85. The maximum Gasteiger partial charge on any atom is 0.308 e. The molecule has 1 amide bonds. The Morgan fingerprint density at radius 2 is 1.85 bits per heavy atom. The van der Waals surface area contributed by atoms with Crippen LogP contribution in [0.3, 0.4) is 0 Å². The van der Waals surface area contributed by atoms with Crippen molar-refractivity contribution in [3.8, 4) is 0 Å². The van der Waals surface area contributed by atoms with Gasteiger partial charge in [0, 0.05) is 35.3 Å². The molecule has 7 nitrogen and oxygen atoms in total. The van der Waals surface area contributed by atoms with Crippen LogP contribution in [0.15, 0.2) is 34.4 Å². The van der Waals surface area contributed by atoms with Crippen molar-refractivity contribution in [1.29, 1.82) is 0 Å². The molecular formula is C19H22N2O5S. The van der Waals surface area contributed by atoms with Crippen LogP contribution in [0.1, 0.15) is 42.2 Å². The third-order valence-corrected chi connectivity index (χ3v) is 4.73. The molecule has 0 unspecified atom stereocenters. The molecule has 0 aliphatic heterocycles. The molecule has 1 N–H and O–H groups in total. The second kappa shape index (κ2) is 9.82. The van der Waals surface area contributed by atoms with Crippen LogP contribution in [0.4, 0.5) is 5.69 Å². The molecule has 8 heteroatoms. The van der Waals surface area contributed by atoms with Gasteiger partial charge in [-0.25, -0.2) is 0 Å². The van der Waals surface area contributed by atoms with Crippen molar-refractivity contribution in [3.05, 3.63) is 50.6 Å². The number of esters is 1. The fourth-order valence-electron chi connectivity index (χ4n) is 2.37. The van der Waals surface area contributed by atoms with Gasteiger partial charge in [0.15, 0.2) is 12.4 Å². The van der Waals surface area contributed by atoms with Crippen LogP contribution in [0.5, 0.6) is 0 Å². The summed E-state index contributed by atoms with van der Waals surface area (Å²) in [5, 5.41) is 4.46. The van der Waals surface area contributed by atoms with Gasteiger partial charge in [-0.2, -0.15) is 0 Å². The Morgan fingerprint density at radius 3 is 2.44 bits per heavy atom. The van der Waals surface area contributed by atoms with Crippen LogP contribution in [-0.2, 0) is 20.9 Å². The Balaban J connectivity index is 1.80. The van der Waals surface area contributed by atoms with E-state index in [2.05, 4.69) is 5.32 Å². The molecule has 144 valence electrons. The molecule has 0 saturated heterocycles. The summed E-state index contributed by atoms with van der Waals surface area (Å²) in [6, 6.07) is 6.42. The molecule has 0 radical (unpaired) electrons. The predicted molar refractivity (Wildman–Crippen MR) is 103 cm³/mol. The number of aromatic nitrogens is 1. The van der Waals surface area contributed by atoms with Crippen molar-refractivity contribution in [2.45, 2.75) is 39.7 Å². The van der Waals surface area contributed by atoms with E-state index in [1.54, 1.807) is 36.6 Å². The summed E-state index contributed by atoms with van der Waals surface area (Å²) in [5.41, 5.74) is 1.79. The van der Waals surface area contributed by atoms with Crippen molar-refractivity contribution in [1.82, 2.24) is 4.57 Å². The Bertz CT molecular complexity index is 867. The van der Waals surface area contributed by atoms with Crippen molar-refractivity contribution in [2.75, 3.05) is 11.9 Å². The summed E-state index contributed by atoms with van der Waals surface area (Å²) in [5.74, 6) is -0.951. The number of Topliss-reactive ketones (excluding diaryl/α,β-unsaturated/α-hetero) is 1. The molecule has 0 atom stereocenters. The van der Waals surface area contributed by atoms with Gasteiger partial charge < -0.3 is 14.6 Å². The van der Waals surface area contributed by atoms with E-state index in [0.29, 0.717) is 17.7 Å². The second-order valence-electron chi connectivity index (χ2n) is 6.00. The highest BCUT2D eigenvalue weighted by molar-refractivity contribution is 7.07. The zero-order chi connectivity index (χ0) is 19.8. The minimum absolute atomic E-state index is 0.0210. The summed E-state index contributed by atoms with van der Waals surface area (Å²) in [4.78, 5) is 46.9. The van der Waals surface area contributed by atoms with Crippen LogP contribution < -0.4 is 10.2 Å². The molecule has 0 aliphatic carbocycles. The SMILES string of the molecule is CCCC(=O)Nc1ccc(C(=O)COC(=O)CCn2c(C)csc2=O)cc1. The number of nitrogens with zero attached hydrogens (tertiary/aromatic N) is 1. The van der Waals surface area contributed by atoms with Crippen LogP contribution >= 0.6 is 11.3 Å². The first-order valence-electron chi connectivity index (χ1n) is 8.64. The zero-order valence-corrected chi connectivity index (χ0v) is 16.1. The Labute approximate surface area is 161 Å². The fourth-order valence-corrected chi connectivity index (χ4v) is 3.13. The van der Waals surface area contributed by atoms with E-state index in [1.165, 1.54) is 4.57 Å². The summed E-state index contributed by atoms with van der Waals surface area (Å²) in [6.45, 7) is 3.58. The molecule has 0 aliphatic rings. The molecule has 1 heterocycles. The number of rotatable bonds is 9. The van der Waals surface area contributed by atoms with E-state index in [-0.39, 0.29) is 36.1 Å². The molecule has 1 aromatic carbocycles. The lowest BCUT2D eigenvalue weighted by molar-refractivity contribution is -0.142. The van der Waals surface area contributed by atoms with Gasteiger partial charge in [0.05, 0.1) is 6.42 Å². The summed E-state index contributed by atoms with van der Waals surface area (Å²) in [6.07, 6.45) is 1.22. The molecule has 0 saturated carbocycles. The van der Waals surface area contributed by atoms with E-state index >= 15 is 0 Å². The van der Waals surface area contributed by atoms with Crippen LogP contribution in [0, 0.1) is 6.92 Å². The Hall–Kier alpha value is -2.74. The van der Waals surface area contributed by atoms with Crippen LogP contribution in [0.2, 0.25) is 0 Å². The molecule has 1 aromatic heterocycles. The molecular weight excluding hydrogens is 368 g/mol. The van der Waals surface area contributed by atoms with E-state index in [9.17, 15) is 19.2 Å². The van der Waals surface area contributed by atoms with Crippen molar-refractivity contribution >= 4 is 34.7 Å². The number of amides is 1. The highest BCUT2D eigenvalue weighted by atomic mass is 32.1. The normalized spacial score (nSPS) is 10.4. The third kappa shape index (κ3) is 6.18. The van der Waals surface area contributed by atoms with E-state index in [0.717, 1.165) is 23.5 Å². The Kier molecular flexibility index (Phi) is 7.48. The predicted octanol–water partition coefficient (Wildman–Crippen LogP) is 2.77. The number of aryl methyl sites for hydroxylation is 1. The number of benzene rings is 1. The van der Waals surface area contributed by atoms with E-state index in [4.69, 9.17) is 4.74 Å². The minimum atomic E-state index is -0.538. The quantitative estimate of drug-likeness (QED) is 0.525. The van der Waals surface area contributed by atoms with Gasteiger partial charge in [-0.3, -0.25) is 19.2 Å². The fraction of sp³-hybridized carbons (Fsp3) is 0.368.